The number of amides is 1. The predicted octanol–water partition coefficient (Wildman–Crippen LogP) is 16.9. The molecule has 2 unspecified atom stereocenters. The minimum absolute atomic E-state index is 0.0266. The first kappa shape index (κ1) is 60.6. The van der Waals surface area contributed by atoms with Crippen LogP contribution in [0.2, 0.25) is 0 Å². The summed E-state index contributed by atoms with van der Waals surface area (Å²) in [5.74, 6) is -0.118. The number of hydrogen-bond acceptors (Lipinski definition) is 5. The van der Waals surface area contributed by atoms with E-state index in [4.69, 9.17) is 4.74 Å². The van der Waals surface area contributed by atoms with E-state index in [1.807, 2.05) is 6.08 Å². The zero-order valence-electron chi connectivity index (χ0n) is 41.9. The molecule has 6 nitrogen and oxygen atoms in total. The van der Waals surface area contributed by atoms with E-state index >= 15 is 0 Å². The normalized spacial score (nSPS) is 12.6. The Morgan fingerprint density at radius 3 is 1.10 bits per heavy atom. The van der Waals surface area contributed by atoms with Crippen LogP contribution in [0.4, 0.5) is 0 Å². The van der Waals surface area contributed by atoms with E-state index < -0.39 is 12.1 Å². The highest BCUT2D eigenvalue weighted by atomic mass is 16.5. The van der Waals surface area contributed by atoms with Gasteiger partial charge in [-0.1, -0.05) is 276 Å². The summed E-state index contributed by atoms with van der Waals surface area (Å²) in [6.45, 7) is 4.85. The third-order valence-corrected chi connectivity index (χ3v) is 13.1. The Bertz CT molecular complexity index is 924. The molecule has 62 heavy (non-hydrogen) atoms. The Hall–Kier alpha value is -1.40. The van der Waals surface area contributed by atoms with Crippen LogP contribution in [0.15, 0.2) is 12.2 Å². The van der Waals surface area contributed by atoms with E-state index in [-0.39, 0.29) is 18.5 Å². The number of carbonyl (C=O) groups is 2. The average Bonchev–Trinajstić information content (AvgIpc) is 3.27. The van der Waals surface area contributed by atoms with E-state index in [0.29, 0.717) is 19.4 Å². The third kappa shape index (κ3) is 48.1. The molecular formula is C56H109NO5. The second-order valence-corrected chi connectivity index (χ2v) is 19.3. The van der Waals surface area contributed by atoms with Gasteiger partial charge < -0.3 is 20.3 Å². The Balaban J connectivity index is 3.50. The molecule has 0 aromatic heterocycles. The number of hydrogen-bond donors (Lipinski definition) is 3. The van der Waals surface area contributed by atoms with E-state index in [9.17, 15) is 19.8 Å². The summed E-state index contributed by atoms with van der Waals surface area (Å²) in [5.41, 5.74) is 0. The van der Waals surface area contributed by atoms with Gasteiger partial charge in [-0.2, -0.15) is 0 Å². The molecule has 0 saturated carbocycles. The first-order valence-corrected chi connectivity index (χ1v) is 28.0. The summed E-state index contributed by atoms with van der Waals surface area (Å²) in [6, 6.07) is -0.647. The zero-order chi connectivity index (χ0) is 45.1. The summed E-state index contributed by atoms with van der Waals surface area (Å²) < 4.78 is 5.44. The maximum Gasteiger partial charge on any atom is 0.305 e. The lowest BCUT2D eigenvalue weighted by Gasteiger charge is -2.20. The number of ether oxygens (including phenoxy) is 1. The lowest BCUT2D eigenvalue weighted by Crippen LogP contribution is -2.45. The van der Waals surface area contributed by atoms with Crippen LogP contribution in [0.25, 0.3) is 0 Å². The summed E-state index contributed by atoms with van der Waals surface area (Å²) in [5, 5.41) is 23.1. The van der Waals surface area contributed by atoms with Crippen LogP contribution in [-0.2, 0) is 14.3 Å². The number of carbonyl (C=O) groups excluding carboxylic acids is 2. The maximum absolute atomic E-state index is 12.5. The summed E-state index contributed by atoms with van der Waals surface area (Å²) in [4.78, 5) is 24.5. The molecule has 0 spiro atoms. The Morgan fingerprint density at radius 1 is 0.435 bits per heavy atom. The van der Waals surface area contributed by atoms with Gasteiger partial charge in [0.1, 0.15) is 0 Å². The predicted molar refractivity (Wildman–Crippen MR) is 269 cm³/mol. The van der Waals surface area contributed by atoms with Gasteiger partial charge in [0.25, 0.3) is 0 Å². The summed E-state index contributed by atoms with van der Waals surface area (Å²) >= 11 is 0. The quantitative estimate of drug-likeness (QED) is 0.0321. The van der Waals surface area contributed by atoms with Gasteiger partial charge in [0, 0.05) is 12.8 Å². The molecule has 0 aromatic carbocycles. The van der Waals surface area contributed by atoms with Crippen molar-refractivity contribution in [1.29, 1.82) is 0 Å². The lowest BCUT2D eigenvalue weighted by molar-refractivity contribution is -0.143. The van der Waals surface area contributed by atoms with Gasteiger partial charge in [-0.05, 0) is 32.1 Å². The number of esters is 1. The highest BCUT2D eigenvalue weighted by molar-refractivity contribution is 5.76. The smallest absolute Gasteiger partial charge is 0.305 e. The van der Waals surface area contributed by atoms with Crippen LogP contribution in [0.1, 0.15) is 309 Å². The van der Waals surface area contributed by atoms with Crippen molar-refractivity contribution in [2.45, 2.75) is 321 Å². The maximum atomic E-state index is 12.5. The Morgan fingerprint density at radius 2 is 0.742 bits per heavy atom. The Kier molecular flexibility index (Phi) is 51.0. The van der Waals surface area contributed by atoms with Crippen molar-refractivity contribution in [2.24, 2.45) is 0 Å². The largest absolute Gasteiger partial charge is 0.466 e. The fraction of sp³-hybridized carbons (Fsp3) is 0.929. The van der Waals surface area contributed by atoms with Crippen molar-refractivity contribution in [1.82, 2.24) is 5.32 Å². The van der Waals surface area contributed by atoms with Gasteiger partial charge in [0.2, 0.25) is 5.91 Å². The standard InChI is InChI=1S/C56H109NO5/c1-3-5-7-9-11-13-15-16-17-18-19-20-21-22-23-24-25-26-27-28-30-32-36-40-44-48-54(59)53(52-58)57-55(60)49-45-41-37-33-31-35-39-43-47-51-62-56(61)50-46-42-38-34-29-14-12-10-8-6-4-2/h44,48,53-54,58-59H,3-43,45-47,49-52H2,1-2H3,(H,57,60)/b48-44+. The number of rotatable bonds is 52. The van der Waals surface area contributed by atoms with Crippen LogP contribution in [0.3, 0.4) is 0 Å². The molecule has 368 valence electrons. The molecule has 0 radical (unpaired) electrons. The van der Waals surface area contributed by atoms with Crippen molar-refractivity contribution in [2.75, 3.05) is 13.2 Å². The van der Waals surface area contributed by atoms with Gasteiger partial charge in [0.15, 0.2) is 0 Å². The monoisotopic (exact) mass is 876 g/mol. The lowest BCUT2D eigenvalue weighted by atomic mass is 10.0. The van der Waals surface area contributed by atoms with Gasteiger partial charge in [0.05, 0.1) is 25.4 Å². The molecule has 0 rings (SSSR count). The second kappa shape index (κ2) is 52.2. The molecule has 0 aliphatic heterocycles. The average molecular weight is 876 g/mol. The van der Waals surface area contributed by atoms with Crippen LogP contribution in [0, 0.1) is 0 Å². The van der Waals surface area contributed by atoms with Crippen LogP contribution >= 0.6 is 0 Å². The fourth-order valence-electron chi connectivity index (χ4n) is 8.75. The minimum atomic E-state index is -0.861. The first-order valence-electron chi connectivity index (χ1n) is 28.0. The van der Waals surface area contributed by atoms with E-state index in [0.717, 1.165) is 57.8 Å². The molecule has 0 aromatic rings. The molecule has 6 heteroatoms. The third-order valence-electron chi connectivity index (χ3n) is 13.1. The van der Waals surface area contributed by atoms with Crippen molar-refractivity contribution < 1.29 is 24.5 Å². The number of unbranched alkanes of at least 4 members (excludes halogenated alkanes) is 41. The van der Waals surface area contributed by atoms with Crippen molar-refractivity contribution >= 4 is 11.9 Å². The topological polar surface area (TPSA) is 95.9 Å². The zero-order valence-corrected chi connectivity index (χ0v) is 41.9. The van der Waals surface area contributed by atoms with Gasteiger partial charge in [-0.15, -0.1) is 0 Å². The number of allylic oxidation sites excluding steroid dienone is 1. The summed E-state index contributed by atoms with van der Waals surface area (Å²) in [7, 11) is 0. The fourth-order valence-corrected chi connectivity index (χ4v) is 8.75. The van der Waals surface area contributed by atoms with Crippen LogP contribution in [0.5, 0.6) is 0 Å². The van der Waals surface area contributed by atoms with Crippen molar-refractivity contribution in [3.63, 3.8) is 0 Å². The van der Waals surface area contributed by atoms with Crippen molar-refractivity contribution in [3.8, 4) is 0 Å². The molecule has 0 heterocycles. The van der Waals surface area contributed by atoms with Gasteiger partial charge >= 0.3 is 5.97 Å². The molecule has 2 atom stereocenters. The molecule has 1 amide bonds. The molecule has 0 saturated heterocycles. The Labute approximate surface area is 387 Å². The molecular weight excluding hydrogens is 767 g/mol. The molecule has 0 fully saturated rings. The molecule has 0 bridgehead atoms. The van der Waals surface area contributed by atoms with Crippen LogP contribution in [-0.4, -0.2) is 47.4 Å². The number of aliphatic hydroxyl groups is 2. The second-order valence-electron chi connectivity index (χ2n) is 19.3. The van der Waals surface area contributed by atoms with E-state index in [1.165, 1.54) is 225 Å². The SMILES string of the molecule is CCCCCCCCCCCCCCCCCCCCCCCCC/C=C/C(O)C(CO)NC(=O)CCCCCCCCCCCOC(=O)CCCCCCCCCCCCC. The molecule has 0 aliphatic rings. The minimum Gasteiger partial charge on any atom is -0.466 e. The van der Waals surface area contributed by atoms with E-state index in [1.54, 1.807) is 6.08 Å². The summed E-state index contributed by atoms with van der Waals surface area (Å²) in [6.07, 6.45) is 60.9. The highest BCUT2D eigenvalue weighted by Gasteiger charge is 2.18. The van der Waals surface area contributed by atoms with Crippen molar-refractivity contribution in [3.05, 3.63) is 12.2 Å². The van der Waals surface area contributed by atoms with Gasteiger partial charge in [-0.25, -0.2) is 0 Å². The van der Waals surface area contributed by atoms with Gasteiger partial charge in [-0.3, -0.25) is 9.59 Å². The highest BCUT2D eigenvalue weighted by Crippen LogP contribution is 2.17. The number of aliphatic hydroxyl groups excluding tert-OH is 2. The van der Waals surface area contributed by atoms with Crippen LogP contribution < -0.4 is 5.32 Å². The first-order chi connectivity index (χ1) is 30.5. The number of nitrogens with one attached hydrogen (secondary N) is 1. The molecule has 0 aliphatic carbocycles. The van der Waals surface area contributed by atoms with E-state index in [2.05, 4.69) is 19.2 Å². The molecule has 3 N–H and O–H groups in total.